The van der Waals surface area contributed by atoms with Crippen LogP contribution < -0.4 is 14.0 Å². The maximum atomic E-state index is 6.83. The van der Waals surface area contributed by atoms with Crippen LogP contribution in [0.2, 0.25) is 0 Å². The average molecular weight is 655 g/mol. The predicted octanol–water partition coefficient (Wildman–Crippen LogP) is 8.34. The number of hydrogen-bond donors (Lipinski definition) is 0. The molecule has 0 fully saturated rings. The van der Waals surface area contributed by atoms with Crippen molar-refractivity contribution >= 4 is 43.6 Å². The van der Waals surface area contributed by atoms with E-state index in [0.29, 0.717) is 0 Å². The number of hydrogen-bond acceptors (Lipinski definition) is 2. The molecule has 0 aliphatic carbocycles. The third-order valence-corrected chi connectivity index (χ3v) is 11.4. The molecule has 8 heterocycles. The Kier molecular flexibility index (Phi) is 4.46. The summed E-state index contributed by atoms with van der Waals surface area (Å²) in [7, 11) is 0. The van der Waals surface area contributed by atoms with Crippen molar-refractivity contribution in [2.75, 3.05) is 0 Å². The van der Waals surface area contributed by atoms with E-state index in [2.05, 4.69) is 174 Å². The molecule has 0 amide bonds. The predicted molar refractivity (Wildman–Crippen MR) is 196 cm³/mol. The van der Waals surface area contributed by atoms with Crippen LogP contribution in [-0.4, -0.2) is 18.8 Å². The Labute approximate surface area is 290 Å². The molecule has 7 heteroatoms. The Morgan fingerprint density at radius 2 is 1.43 bits per heavy atom. The Morgan fingerprint density at radius 1 is 0.608 bits per heavy atom. The van der Waals surface area contributed by atoms with Gasteiger partial charge in [0.05, 0.1) is 29.0 Å². The van der Waals surface area contributed by atoms with Gasteiger partial charge in [-0.15, -0.1) is 4.68 Å². The zero-order valence-electron chi connectivity index (χ0n) is 27.1. The zero-order chi connectivity index (χ0) is 33.0. The largest absolute Gasteiger partial charge is 0.456 e. The van der Waals surface area contributed by atoms with Crippen LogP contribution in [0.4, 0.5) is 0 Å². The number of nitrogens with zero attached hydrogens (tertiary/aromatic N) is 6. The lowest BCUT2D eigenvalue weighted by atomic mass is 9.84. The molecule has 51 heavy (non-hydrogen) atoms. The molecular formula is C44H26N6O+2. The van der Waals surface area contributed by atoms with Gasteiger partial charge in [0.15, 0.2) is 11.1 Å². The van der Waals surface area contributed by atoms with E-state index in [0.717, 1.165) is 67.4 Å². The summed E-state index contributed by atoms with van der Waals surface area (Å²) in [6, 6.07) is 45.6. The van der Waals surface area contributed by atoms with E-state index >= 15 is 0 Å². The first kappa shape index (κ1) is 26.0. The quantitative estimate of drug-likeness (QED) is 0.176. The molecule has 236 valence electrons. The van der Waals surface area contributed by atoms with E-state index in [1.54, 1.807) is 0 Å². The fraction of sp³-hybridized carbons (Fsp3) is 0.0227. The summed E-state index contributed by atoms with van der Waals surface area (Å²) in [6.07, 6.45) is 10.7. The van der Waals surface area contributed by atoms with E-state index < -0.39 is 5.66 Å². The summed E-state index contributed by atoms with van der Waals surface area (Å²) in [5, 5.41) is 4.79. The van der Waals surface area contributed by atoms with Crippen LogP contribution in [0.5, 0.6) is 11.5 Å². The van der Waals surface area contributed by atoms with Gasteiger partial charge in [0.2, 0.25) is 6.20 Å². The lowest BCUT2D eigenvalue weighted by Gasteiger charge is -2.32. The molecule has 0 saturated heterocycles. The molecule has 7 nitrogen and oxygen atoms in total. The monoisotopic (exact) mass is 654 g/mol. The minimum atomic E-state index is -0.715. The summed E-state index contributed by atoms with van der Waals surface area (Å²) in [4.78, 5) is 4.50. The van der Waals surface area contributed by atoms with E-state index in [1.807, 2.05) is 12.4 Å². The number of aromatic nitrogens is 6. The SMILES string of the molecule is c1ccc(-n2c3ccncc3c3ccc(-c4cn5[n+](c4)C46c7c(cccc7-5)Oc5ccc7c8ccccc8n(c7c54)-c4cccc[n+]46)cc32)cc1. The highest BCUT2D eigenvalue weighted by Gasteiger charge is 2.68. The Bertz CT molecular complexity index is 3190. The highest BCUT2D eigenvalue weighted by molar-refractivity contribution is 6.12. The molecule has 1 unspecified atom stereocenters. The van der Waals surface area contributed by atoms with Gasteiger partial charge in [0.25, 0.3) is 5.82 Å². The van der Waals surface area contributed by atoms with Crippen LogP contribution >= 0.6 is 0 Å². The normalized spacial score (nSPS) is 16.1. The van der Waals surface area contributed by atoms with Gasteiger partial charge in [-0.05, 0) is 72.3 Å². The van der Waals surface area contributed by atoms with Crippen molar-refractivity contribution in [1.82, 2.24) is 18.8 Å². The molecule has 0 N–H and O–H groups in total. The van der Waals surface area contributed by atoms with Crippen LogP contribution in [0, 0.1) is 0 Å². The van der Waals surface area contributed by atoms with Crippen LogP contribution in [0.3, 0.4) is 0 Å². The van der Waals surface area contributed by atoms with Gasteiger partial charge in [-0.2, -0.15) is 9.13 Å². The number of fused-ring (bicyclic) bond motifs is 10. The molecule has 10 aromatic rings. The standard InChI is InChI=1S/C44H26N6O/c1-2-9-29(10-3-1)49-35-20-21-45-24-33(35)31-17-16-27(23-37(31)49)28-25-47-36-13-8-14-38-41(36)44(48(47)26-28)42-39(51-38)19-18-32-30-11-4-5-12-34(30)50(43(32)42)40-15-6-7-22-46(40)44/h1-26H/q+2. The number of rotatable bonds is 2. The fourth-order valence-corrected chi connectivity index (χ4v) is 9.46. The van der Waals surface area contributed by atoms with Gasteiger partial charge in [-0.3, -0.25) is 4.98 Å². The van der Waals surface area contributed by atoms with Crippen LogP contribution in [0.1, 0.15) is 11.1 Å². The number of para-hydroxylation sites is 2. The summed E-state index contributed by atoms with van der Waals surface area (Å²) in [6.45, 7) is 0. The zero-order valence-corrected chi connectivity index (χ0v) is 27.1. The Balaban J connectivity index is 1.14. The molecule has 0 saturated carbocycles. The summed E-state index contributed by atoms with van der Waals surface area (Å²) < 4.78 is 18.8. The first-order chi connectivity index (χ1) is 25.3. The van der Waals surface area contributed by atoms with Crippen molar-refractivity contribution in [1.29, 1.82) is 0 Å². The highest BCUT2D eigenvalue weighted by atomic mass is 16.5. The minimum Gasteiger partial charge on any atom is -0.456 e. The number of benzene rings is 5. The van der Waals surface area contributed by atoms with Gasteiger partial charge in [-0.25, -0.2) is 0 Å². The number of pyridine rings is 2. The number of ether oxygens (including phenoxy) is 1. The summed E-state index contributed by atoms with van der Waals surface area (Å²) in [5.41, 5.74) is 10.8. The van der Waals surface area contributed by atoms with E-state index in [4.69, 9.17) is 4.74 Å². The second-order valence-electron chi connectivity index (χ2n) is 13.7. The first-order valence-electron chi connectivity index (χ1n) is 17.3. The molecule has 13 rings (SSSR count). The molecule has 3 aliphatic heterocycles. The third kappa shape index (κ3) is 2.90. The topological polar surface area (TPSA) is 44.7 Å². The molecule has 1 atom stereocenters. The second kappa shape index (κ2) is 8.77. The summed E-state index contributed by atoms with van der Waals surface area (Å²) in [5.74, 6) is 2.87. The lowest BCUT2D eigenvalue weighted by Crippen LogP contribution is -2.76. The Hall–Kier alpha value is -6.99. The van der Waals surface area contributed by atoms with Gasteiger partial charge in [0, 0.05) is 45.7 Å². The van der Waals surface area contributed by atoms with Crippen molar-refractivity contribution in [3.8, 4) is 39.8 Å². The lowest BCUT2D eigenvalue weighted by molar-refractivity contribution is -0.993. The van der Waals surface area contributed by atoms with Crippen molar-refractivity contribution < 1.29 is 14.0 Å². The van der Waals surface area contributed by atoms with Crippen molar-refractivity contribution in [3.05, 3.63) is 170 Å². The van der Waals surface area contributed by atoms with E-state index in [-0.39, 0.29) is 0 Å². The van der Waals surface area contributed by atoms with Gasteiger partial charge >= 0.3 is 5.66 Å². The molecule has 3 aliphatic rings. The fourth-order valence-electron chi connectivity index (χ4n) is 9.46. The van der Waals surface area contributed by atoms with Gasteiger partial charge < -0.3 is 9.30 Å². The maximum absolute atomic E-state index is 6.83. The molecule has 1 spiro atoms. The smallest absolute Gasteiger partial charge is 0.397 e. The van der Waals surface area contributed by atoms with E-state index in [9.17, 15) is 0 Å². The van der Waals surface area contributed by atoms with Crippen LogP contribution in [0.25, 0.3) is 71.9 Å². The van der Waals surface area contributed by atoms with Crippen molar-refractivity contribution in [2.45, 2.75) is 5.66 Å². The second-order valence-corrected chi connectivity index (χ2v) is 13.7. The van der Waals surface area contributed by atoms with Crippen LogP contribution in [-0.2, 0) is 5.66 Å². The molecule has 5 aromatic carbocycles. The summed E-state index contributed by atoms with van der Waals surface area (Å²) >= 11 is 0. The van der Waals surface area contributed by atoms with Crippen molar-refractivity contribution in [2.24, 2.45) is 0 Å². The van der Waals surface area contributed by atoms with Crippen molar-refractivity contribution in [3.63, 3.8) is 0 Å². The van der Waals surface area contributed by atoms with E-state index in [1.165, 1.54) is 27.2 Å². The first-order valence-corrected chi connectivity index (χ1v) is 17.3. The van der Waals surface area contributed by atoms with Crippen LogP contribution in [0.15, 0.2) is 158 Å². The van der Waals surface area contributed by atoms with Gasteiger partial charge in [0.1, 0.15) is 28.3 Å². The Morgan fingerprint density at radius 3 is 2.39 bits per heavy atom. The van der Waals surface area contributed by atoms with Gasteiger partial charge in [-0.1, -0.05) is 59.3 Å². The maximum Gasteiger partial charge on any atom is 0.397 e. The molecule has 0 radical (unpaired) electrons. The molecular weight excluding hydrogens is 629 g/mol. The highest BCUT2D eigenvalue weighted by Crippen LogP contribution is 2.55. The average Bonchev–Trinajstić information content (AvgIpc) is 3.93. The molecule has 5 aromatic heterocycles. The molecule has 0 bridgehead atoms. The third-order valence-electron chi connectivity index (χ3n) is 11.4. The minimum absolute atomic E-state index is 0.715.